The first-order valence-electron chi connectivity index (χ1n) is 7.60. The Bertz CT molecular complexity index is 708. The minimum Gasteiger partial charge on any atom is -0.423 e. The van der Waals surface area contributed by atoms with Gasteiger partial charge in [0, 0.05) is 19.1 Å². The quantitative estimate of drug-likeness (QED) is 0.912. The minimum absolute atomic E-state index is 0.260. The lowest BCUT2D eigenvalue weighted by Gasteiger charge is -2.34. The van der Waals surface area contributed by atoms with E-state index < -0.39 is 10.0 Å². The highest BCUT2D eigenvalue weighted by Crippen LogP contribution is 2.28. The van der Waals surface area contributed by atoms with Crippen molar-refractivity contribution in [3.63, 3.8) is 0 Å². The molecule has 2 aromatic rings. The summed E-state index contributed by atoms with van der Waals surface area (Å²) in [6.07, 6.45) is 5.23. The molecule has 1 atom stereocenters. The van der Waals surface area contributed by atoms with Gasteiger partial charge in [-0.05, 0) is 37.8 Å². The number of fused-ring (bicyclic) bond motifs is 1. The maximum atomic E-state index is 11.2. The second kappa shape index (κ2) is 6.26. The number of sulfonamides is 1. The summed E-state index contributed by atoms with van der Waals surface area (Å²) in [7, 11) is -3.14. The largest absolute Gasteiger partial charge is 0.423 e. The van der Waals surface area contributed by atoms with E-state index in [-0.39, 0.29) is 6.04 Å². The minimum atomic E-state index is -3.14. The van der Waals surface area contributed by atoms with E-state index in [1.165, 1.54) is 6.26 Å². The second-order valence-electron chi connectivity index (χ2n) is 5.76. The molecule has 1 aliphatic heterocycles. The lowest BCUT2D eigenvalue weighted by molar-refractivity contribution is 0.407. The fourth-order valence-electron chi connectivity index (χ4n) is 2.95. The summed E-state index contributed by atoms with van der Waals surface area (Å²) in [5, 5.41) is 0. The van der Waals surface area contributed by atoms with Crippen molar-refractivity contribution in [1.82, 2.24) is 9.71 Å². The summed E-state index contributed by atoms with van der Waals surface area (Å²) >= 11 is 0. The molecule has 0 amide bonds. The maximum absolute atomic E-state index is 11.2. The summed E-state index contributed by atoms with van der Waals surface area (Å²) in [4.78, 5) is 6.74. The van der Waals surface area contributed by atoms with Gasteiger partial charge in [-0.1, -0.05) is 12.1 Å². The molecule has 120 valence electrons. The Morgan fingerprint density at radius 1 is 1.36 bits per heavy atom. The summed E-state index contributed by atoms with van der Waals surface area (Å²) in [5.74, 6) is 0. The summed E-state index contributed by atoms with van der Waals surface area (Å²) < 4.78 is 30.8. The van der Waals surface area contributed by atoms with E-state index in [1.807, 2.05) is 24.3 Å². The number of rotatable bonds is 5. The van der Waals surface area contributed by atoms with E-state index in [9.17, 15) is 8.42 Å². The third-order valence-electron chi connectivity index (χ3n) is 4.00. The van der Waals surface area contributed by atoms with Gasteiger partial charge in [0.25, 0.3) is 6.01 Å². The van der Waals surface area contributed by atoms with E-state index in [1.54, 1.807) is 0 Å². The molecule has 6 nitrogen and oxygen atoms in total. The average molecular weight is 323 g/mol. The van der Waals surface area contributed by atoms with Crippen LogP contribution >= 0.6 is 0 Å². The highest BCUT2D eigenvalue weighted by Gasteiger charge is 2.26. The third kappa shape index (κ3) is 3.59. The number of piperidine rings is 1. The van der Waals surface area contributed by atoms with Crippen LogP contribution in [0.25, 0.3) is 11.1 Å². The lowest BCUT2D eigenvalue weighted by atomic mass is 10.00. The van der Waals surface area contributed by atoms with Gasteiger partial charge >= 0.3 is 0 Å². The molecule has 1 aromatic heterocycles. The molecular formula is C15H21N3O3S. The number of benzene rings is 1. The monoisotopic (exact) mass is 323 g/mol. The molecule has 1 aromatic carbocycles. The van der Waals surface area contributed by atoms with E-state index in [0.717, 1.165) is 43.3 Å². The van der Waals surface area contributed by atoms with Crippen LogP contribution < -0.4 is 9.62 Å². The molecule has 0 aliphatic carbocycles. The highest BCUT2D eigenvalue weighted by atomic mass is 32.2. The Morgan fingerprint density at radius 3 is 2.95 bits per heavy atom. The molecule has 7 heteroatoms. The van der Waals surface area contributed by atoms with Gasteiger partial charge in [0.2, 0.25) is 10.0 Å². The Labute approximate surface area is 130 Å². The summed E-state index contributed by atoms with van der Waals surface area (Å²) in [6, 6.07) is 8.63. The molecule has 22 heavy (non-hydrogen) atoms. The van der Waals surface area contributed by atoms with Crippen molar-refractivity contribution in [2.75, 3.05) is 24.2 Å². The number of hydrogen-bond acceptors (Lipinski definition) is 5. The van der Waals surface area contributed by atoms with Gasteiger partial charge in [0.15, 0.2) is 5.58 Å². The van der Waals surface area contributed by atoms with Crippen LogP contribution in [-0.4, -0.2) is 38.8 Å². The Kier molecular flexibility index (Phi) is 4.35. The normalized spacial score (nSPS) is 19.7. The van der Waals surface area contributed by atoms with Crippen molar-refractivity contribution in [1.29, 1.82) is 0 Å². The van der Waals surface area contributed by atoms with Gasteiger partial charge in [0.05, 0.1) is 6.26 Å². The second-order valence-corrected chi connectivity index (χ2v) is 7.60. The van der Waals surface area contributed by atoms with Crippen LogP contribution in [0, 0.1) is 0 Å². The molecule has 0 unspecified atom stereocenters. The van der Waals surface area contributed by atoms with Crippen LogP contribution in [0.2, 0.25) is 0 Å². The topological polar surface area (TPSA) is 75.4 Å². The number of nitrogens with one attached hydrogen (secondary N) is 1. The third-order valence-corrected chi connectivity index (χ3v) is 4.73. The zero-order valence-electron chi connectivity index (χ0n) is 12.7. The van der Waals surface area contributed by atoms with E-state index in [2.05, 4.69) is 14.6 Å². The van der Waals surface area contributed by atoms with Crippen LogP contribution in [0.15, 0.2) is 28.7 Å². The number of anilines is 1. The van der Waals surface area contributed by atoms with Crippen molar-refractivity contribution >= 4 is 27.1 Å². The smallest absolute Gasteiger partial charge is 0.298 e. The van der Waals surface area contributed by atoms with Gasteiger partial charge in [-0.25, -0.2) is 13.1 Å². The molecule has 1 N–H and O–H groups in total. The Balaban J connectivity index is 1.74. The van der Waals surface area contributed by atoms with Crippen LogP contribution in [0.3, 0.4) is 0 Å². The first kappa shape index (κ1) is 15.3. The zero-order chi connectivity index (χ0) is 15.6. The van der Waals surface area contributed by atoms with Gasteiger partial charge in [0.1, 0.15) is 5.52 Å². The summed E-state index contributed by atoms with van der Waals surface area (Å²) in [5.41, 5.74) is 1.65. The van der Waals surface area contributed by atoms with Crippen molar-refractivity contribution < 1.29 is 12.8 Å². The lowest BCUT2D eigenvalue weighted by Crippen LogP contribution is -2.41. The number of oxazole rings is 1. The van der Waals surface area contributed by atoms with Gasteiger partial charge in [-0.2, -0.15) is 4.98 Å². The standard InChI is InChI=1S/C15H21N3O3S/c1-22(19,20)16-10-9-12-6-4-5-11-18(12)15-17-13-7-2-3-8-14(13)21-15/h2-3,7-8,12,16H,4-6,9-11H2,1H3/t12-/m0/s1. The van der Waals surface area contributed by atoms with Gasteiger partial charge in [-0.3, -0.25) is 0 Å². The molecule has 0 spiro atoms. The van der Waals surface area contributed by atoms with Crippen molar-refractivity contribution in [2.24, 2.45) is 0 Å². The van der Waals surface area contributed by atoms with Crippen molar-refractivity contribution in [2.45, 2.75) is 31.7 Å². The average Bonchev–Trinajstić information content (AvgIpc) is 2.90. The fourth-order valence-corrected chi connectivity index (χ4v) is 3.43. The predicted molar refractivity (Wildman–Crippen MR) is 86.5 cm³/mol. The Morgan fingerprint density at radius 2 is 2.18 bits per heavy atom. The molecule has 0 radical (unpaired) electrons. The molecule has 0 bridgehead atoms. The molecule has 1 fully saturated rings. The SMILES string of the molecule is CS(=O)(=O)NCC[C@@H]1CCCCN1c1nc2ccccc2o1. The van der Waals surface area contributed by atoms with E-state index in [4.69, 9.17) is 4.42 Å². The molecule has 1 saturated heterocycles. The van der Waals surface area contributed by atoms with Gasteiger partial charge in [-0.15, -0.1) is 0 Å². The van der Waals surface area contributed by atoms with Gasteiger partial charge < -0.3 is 9.32 Å². The number of aromatic nitrogens is 1. The summed E-state index contributed by atoms with van der Waals surface area (Å²) in [6.45, 7) is 1.34. The molecule has 1 aliphatic rings. The first-order valence-corrected chi connectivity index (χ1v) is 9.49. The molecular weight excluding hydrogens is 302 g/mol. The highest BCUT2D eigenvalue weighted by molar-refractivity contribution is 7.88. The van der Waals surface area contributed by atoms with Crippen LogP contribution in [-0.2, 0) is 10.0 Å². The zero-order valence-corrected chi connectivity index (χ0v) is 13.5. The van der Waals surface area contributed by atoms with E-state index in [0.29, 0.717) is 12.6 Å². The maximum Gasteiger partial charge on any atom is 0.298 e. The van der Waals surface area contributed by atoms with Crippen LogP contribution in [0.5, 0.6) is 0 Å². The first-order chi connectivity index (χ1) is 10.5. The number of para-hydroxylation sites is 2. The van der Waals surface area contributed by atoms with E-state index >= 15 is 0 Å². The Hall–Kier alpha value is -1.60. The van der Waals surface area contributed by atoms with Crippen LogP contribution in [0.4, 0.5) is 6.01 Å². The van der Waals surface area contributed by atoms with Crippen molar-refractivity contribution in [3.8, 4) is 0 Å². The van der Waals surface area contributed by atoms with Crippen LogP contribution in [0.1, 0.15) is 25.7 Å². The fraction of sp³-hybridized carbons (Fsp3) is 0.533. The number of nitrogens with zero attached hydrogens (tertiary/aromatic N) is 2. The molecule has 2 heterocycles. The molecule has 0 saturated carbocycles. The number of hydrogen-bond donors (Lipinski definition) is 1. The molecule has 3 rings (SSSR count). The van der Waals surface area contributed by atoms with Crippen molar-refractivity contribution in [3.05, 3.63) is 24.3 Å². The predicted octanol–water partition coefficient (Wildman–Crippen LogP) is 2.13.